The molecular weight excluding hydrogens is 404 g/mol. The minimum Gasteiger partial charge on any atom is -0.496 e. The van der Waals surface area contributed by atoms with Gasteiger partial charge < -0.3 is 19.1 Å². The molecule has 2 aromatic carbocycles. The number of methoxy groups -OCH3 is 1. The molecule has 0 aliphatic carbocycles. The Bertz CT molecular complexity index is 1020. The third kappa shape index (κ3) is 4.67. The fourth-order valence-corrected chi connectivity index (χ4v) is 4.78. The fourth-order valence-electron chi connectivity index (χ4n) is 4.78. The van der Waals surface area contributed by atoms with Gasteiger partial charge in [-0.15, -0.1) is 0 Å². The molecule has 2 bridgehead atoms. The lowest BCUT2D eigenvalue weighted by atomic mass is 9.99. The monoisotopic (exact) mass is 434 g/mol. The molecule has 4 rings (SSSR count). The Labute approximate surface area is 189 Å². The third-order valence-electron chi connectivity index (χ3n) is 6.04. The van der Waals surface area contributed by atoms with Gasteiger partial charge in [0.25, 0.3) is 0 Å². The predicted molar refractivity (Wildman–Crippen MR) is 123 cm³/mol. The second-order valence-corrected chi connectivity index (χ2v) is 9.51. The average Bonchev–Trinajstić information content (AvgIpc) is 3.03. The van der Waals surface area contributed by atoms with Crippen LogP contribution >= 0.6 is 0 Å². The molecule has 2 aromatic rings. The Kier molecular flexibility index (Phi) is 6.01. The fraction of sp³-hybridized carbons (Fsp3) is 0.462. The highest BCUT2D eigenvalue weighted by molar-refractivity contribution is 5.75. The zero-order valence-electron chi connectivity index (χ0n) is 19.1. The molecule has 6 nitrogen and oxygen atoms in total. The third-order valence-corrected chi connectivity index (χ3v) is 6.04. The smallest absolute Gasteiger partial charge is 0.410 e. The molecule has 0 N–H and O–H groups in total. The lowest BCUT2D eigenvalue weighted by Crippen LogP contribution is -2.50. The van der Waals surface area contributed by atoms with Crippen molar-refractivity contribution in [2.24, 2.45) is 0 Å². The first kappa shape index (κ1) is 22.0. The number of piperidine rings is 1. The highest BCUT2D eigenvalue weighted by Gasteiger charge is 2.45. The quantitative estimate of drug-likeness (QED) is 0.536. The number of rotatable bonds is 4. The Morgan fingerprint density at radius 3 is 2.41 bits per heavy atom. The first-order valence-electron chi connectivity index (χ1n) is 11.1. The number of carbonyl (C=O) groups is 1. The molecule has 6 heteroatoms. The number of nitrogens with zero attached hydrogens (tertiary/aromatic N) is 2. The largest absolute Gasteiger partial charge is 0.496 e. The molecule has 0 spiro atoms. The molecule has 0 saturated carbocycles. The van der Waals surface area contributed by atoms with Gasteiger partial charge >= 0.3 is 6.09 Å². The Morgan fingerprint density at radius 2 is 1.78 bits per heavy atom. The summed E-state index contributed by atoms with van der Waals surface area (Å²) in [5.74, 6) is 1.43. The standard InChI is InChI=1S/C26H30N2O4/c1-26(2,3)32-25(29)28-19-10-11-20(28)16-22(15-19)31-21-13-17(12-18(14-21)27-4)23-8-6-7-9-24(23)30-5/h6-9,12-14,19-20,22H,10-11,15-16H2,1-3,5H3. The number of carbonyl (C=O) groups excluding carboxylic acids is 1. The topological polar surface area (TPSA) is 52.4 Å². The van der Waals surface area contributed by atoms with E-state index in [1.807, 2.05) is 62.1 Å². The summed E-state index contributed by atoms with van der Waals surface area (Å²) in [7, 11) is 1.64. The van der Waals surface area contributed by atoms with Crippen LogP contribution in [0, 0.1) is 6.57 Å². The summed E-state index contributed by atoms with van der Waals surface area (Å²) in [4.78, 5) is 18.3. The maximum absolute atomic E-state index is 12.7. The van der Waals surface area contributed by atoms with Crippen LogP contribution in [0.25, 0.3) is 16.0 Å². The van der Waals surface area contributed by atoms with Gasteiger partial charge in [-0.3, -0.25) is 0 Å². The summed E-state index contributed by atoms with van der Waals surface area (Å²) < 4.78 is 17.5. The van der Waals surface area contributed by atoms with Gasteiger partial charge in [-0.1, -0.05) is 18.2 Å². The first-order valence-corrected chi connectivity index (χ1v) is 11.1. The summed E-state index contributed by atoms with van der Waals surface area (Å²) >= 11 is 0. The summed E-state index contributed by atoms with van der Waals surface area (Å²) in [5, 5.41) is 0. The van der Waals surface area contributed by atoms with Crippen LogP contribution < -0.4 is 9.47 Å². The van der Waals surface area contributed by atoms with E-state index in [-0.39, 0.29) is 24.3 Å². The zero-order chi connectivity index (χ0) is 22.9. The minimum atomic E-state index is -0.501. The van der Waals surface area contributed by atoms with Crippen LogP contribution in [0.15, 0.2) is 42.5 Å². The molecular formula is C26H30N2O4. The highest BCUT2D eigenvalue weighted by Crippen LogP contribution is 2.40. The summed E-state index contributed by atoms with van der Waals surface area (Å²) in [6.45, 7) is 13.2. The van der Waals surface area contributed by atoms with E-state index in [2.05, 4.69) is 4.85 Å². The van der Waals surface area contributed by atoms with Gasteiger partial charge in [0.1, 0.15) is 23.2 Å². The van der Waals surface area contributed by atoms with E-state index in [0.717, 1.165) is 42.6 Å². The Balaban J connectivity index is 1.52. The van der Waals surface area contributed by atoms with Crippen molar-refractivity contribution in [1.29, 1.82) is 0 Å². The lowest BCUT2D eigenvalue weighted by Gasteiger charge is -2.39. The van der Waals surface area contributed by atoms with Crippen molar-refractivity contribution in [3.05, 3.63) is 53.9 Å². The normalized spacial score (nSPS) is 22.2. The van der Waals surface area contributed by atoms with E-state index in [1.165, 1.54) is 0 Å². The van der Waals surface area contributed by atoms with E-state index >= 15 is 0 Å². The summed E-state index contributed by atoms with van der Waals surface area (Å²) in [5.41, 5.74) is 1.83. The predicted octanol–water partition coefficient (Wildman–Crippen LogP) is 6.22. The van der Waals surface area contributed by atoms with Crippen molar-refractivity contribution in [2.45, 2.75) is 70.2 Å². The van der Waals surface area contributed by atoms with Gasteiger partial charge in [0.2, 0.25) is 0 Å². The van der Waals surface area contributed by atoms with Gasteiger partial charge in [0.05, 0.1) is 13.7 Å². The van der Waals surface area contributed by atoms with Crippen molar-refractivity contribution in [3.8, 4) is 22.6 Å². The van der Waals surface area contributed by atoms with Gasteiger partial charge in [-0.25, -0.2) is 9.64 Å². The Hall–Kier alpha value is -3.20. The van der Waals surface area contributed by atoms with Crippen molar-refractivity contribution in [1.82, 2.24) is 4.90 Å². The number of fused-ring (bicyclic) bond motifs is 2. The average molecular weight is 435 g/mol. The molecule has 2 aliphatic rings. The van der Waals surface area contributed by atoms with Crippen LogP contribution in [-0.4, -0.2) is 41.9 Å². The van der Waals surface area contributed by atoms with Crippen LogP contribution in [0.5, 0.6) is 11.5 Å². The molecule has 2 fully saturated rings. The van der Waals surface area contributed by atoms with Crippen LogP contribution in [-0.2, 0) is 4.74 Å². The number of para-hydroxylation sites is 1. The molecule has 168 valence electrons. The number of ether oxygens (including phenoxy) is 3. The lowest BCUT2D eigenvalue weighted by molar-refractivity contribution is -0.00705. The molecule has 2 aliphatic heterocycles. The number of benzene rings is 2. The second kappa shape index (κ2) is 8.74. The summed E-state index contributed by atoms with van der Waals surface area (Å²) in [6, 6.07) is 13.6. The minimum absolute atomic E-state index is 0.00214. The van der Waals surface area contributed by atoms with E-state index in [1.54, 1.807) is 13.2 Å². The van der Waals surface area contributed by atoms with Crippen molar-refractivity contribution < 1.29 is 19.0 Å². The highest BCUT2D eigenvalue weighted by atomic mass is 16.6. The van der Waals surface area contributed by atoms with Crippen LogP contribution in [0.4, 0.5) is 10.5 Å². The van der Waals surface area contributed by atoms with E-state index in [0.29, 0.717) is 11.4 Å². The van der Waals surface area contributed by atoms with Gasteiger partial charge in [0, 0.05) is 30.5 Å². The molecule has 2 heterocycles. The zero-order valence-corrected chi connectivity index (χ0v) is 19.1. The van der Waals surface area contributed by atoms with Crippen LogP contribution in [0.2, 0.25) is 0 Å². The summed E-state index contributed by atoms with van der Waals surface area (Å²) in [6.07, 6.45) is 3.25. The van der Waals surface area contributed by atoms with Gasteiger partial charge in [-0.2, -0.15) is 0 Å². The number of hydrogen-bond donors (Lipinski definition) is 0. The van der Waals surface area contributed by atoms with Crippen LogP contribution in [0.3, 0.4) is 0 Å². The number of amides is 1. The number of hydrogen-bond acceptors (Lipinski definition) is 4. The van der Waals surface area contributed by atoms with Crippen molar-refractivity contribution >= 4 is 11.8 Å². The van der Waals surface area contributed by atoms with Gasteiger partial charge in [0.15, 0.2) is 5.69 Å². The Morgan fingerprint density at radius 1 is 1.09 bits per heavy atom. The van der Waals surface area contributed by atoms with Crippen LogP contribution in [0.1, 0.15) is 46.5 Å². The molecule has 2 unspecified atom stereocenters. The maximum atomic E-state index is 12.7. The maximum Gasteiger partial charge on any atom is 0.410 e. The molecule has 0 aromatic heterocycles. The molecule has 1 amide bonds. The van der Waals surface area contributed by atoms with Crippen molar-refractivity contribution in [2.75, 3.05) is 7.11 Å². The molecule has 32 heavy (non-hydrogen) atoms. The van der Waals surface area contributed by atoms with E-state index in [9.17, 15) is 4.79 Å². The van der Waals surface area contributed by atoms with E-state index in [4.69, 9.17) is 20.8 Å². The van der Waals surface area contributed by atoms with Gasteiger partial charge in [-0.05, 0) is 63.4 Å². The molecule has 2 saturated heterocycles. The van der Waals surface area contributed by atoms with Crippen molar-refractivity contribution in [3.63, 3.8) is 0 Å². The first-order chi connectivity index (χ1) is 15.3. The van der Waals surface area contributed by atoms with E-state index < -0.39 is 5.60 Å². The second-order valence-electron chi connectivity index (χ2n) is 9.51. The molecule has 2 atom stereocenters. The molecule has 0 radical (unpaired) electrons. The SMILES string of the molecule is [C-]#[N+]c1cc(OC2CC3CCC(C2)N3C(=O)OC(C)(C)C)cc(-c2ccccc2OC)c1.